The highest BCUT2D eigenvalue weighted by molar-refractivity contribution is 5.98. The summed E-state index contributed by atoms with van der Waals surface area (Å²) >= 11 is 0. The third-order valence-corrected chi connectivity index (χ3v) is 3.77. The maximum atomic E-state index is 12.7. The van der Waals surface area contributed by atoms with Crippen molar-refractivity contribution >= 4 is 11.8 Å². The molecule has 7 nitrogen and oxygen atoms in total. The molecule has 0 saturated carbocycles. The van der Waals surface area contributed by atoms with Crippen LogP contribution in [-0.2, 0) is 11.3 Å². The molecule has 0 unspecified atom stereocenters. The monoisotopic (exact) mass is 293 g/mol. The van der Waals surface area contributed by atoms with Crippen LogP contribution in [0.1, 0.15) is 35.8 Å². The van der Waals surface area contributed by atoms with Crippen LogP contribution in [0.4, 0.5) is 0 Å². The van der Waals surface area contributed by atoms with Crippen LogP contribution in [0.15, 0.2) is 6.20 Å². The van der Waals surface area contributed by atoms with Gasteiger partial charge in [0.2, 0.25) is 5.91 Å². The number of hydrogen-bond donors (Lipinski definition) is 2. The molecule has 2 atom stereocenters. The number of nitrogens with one attached hydrogen (secondary N) is 1. The molecule has 2 rings (SSSR count). The minimum atomic E-state index is -0.494. The number of hydrogen-bond acceptors (Lipinski definition) is 4. The van der Waals surface area contributed by atoms with E-state index >= 15 is 0 Å². The number of aromatic nitrogens is 2. The van der Waals surface area contributed by atoms with Crippen molar-refractivity contribution in [1.29, 1.82) is 0 Å². The van der Waals surface area contributed by atoms with Gasteiger partial charge < -0.3 is 16.0 Å². The van der Waals surface area contributed by atoms with E-state index in [2.05, 4.69) is 17.3 Å². The molecule has 1 aliphatic heterocycles. The lowest BCUT2D eigenvalue weighted by Gasteiger charge is -2.22. The summed E-state index contributed by atoms with van der Waals surface area (Å²) in [6.07, 6.45) is 3.20. The molecule has 1 aliphatic rings. The van der Waals surface area contributed by atoms with Crippen molar-refractivity contribution in [2.45, 2.75) is 45.3 Å². The fraction of sp³-hybridized carbons (Fsp3) is 0.643. The number of nitrogens with zero attached hydrogens (tertiary/aromatic N) is 3. The van der Waals surface area contributed by atoms with E-state index in [1.54, 1.807) is 22.8 Å². The second kappa shape index (κ2) is 6.26. The lowest BCUT2D eigenvalue weighted by molar-refractivity contribution is -0.124. The molecule has 2 amide bonds. The molecule has 1 aromatic heterocycles. The van der Waals surface area contributed by atoms with Crippen LogP contribution in [0.25, 0.3) is 0 Å². The number of likely N-dealkylation sites (tertiary alicyclic amines) is 1. The highest BCUT2D eigenvalue weighted by Gasteiger charge is 2.38. The first-order chi connectivity index (χ1) is 9.97. The predicted molar refractivity (Wildman–Crippen MR) is 78.7 cm³/mol. The van der Waals surface area contributed by atoms with Crippen molar-refractivity contribution in [2.24, 2.45) is 5.73 Å². The van der Waals surface area contributed by atoms with E-state index in [0.29, 0.717) is 24.2 Å². The molecule has 21 heavy (non-hydrogen) atoms. The second-order valence-electron chi connectivity index (χ2n) is 5.47. The molecular weight excluding hydrogens is 270 g/mol. The van der Waals surface area contributed by atoms with Gasteiger partial charge in [-0.05, 0) is 19.8 Å². The van der Waals surface area contributed by atoms with E-state index in [1.165, 1.54) is 0 Å². The normalized spacial score (nSPS) is 21.6. The van der Waals surface area contributed by atoms with Gasteiger partial charge in [-0.25, -0.2) is 0 Å². The first kappa shape index (κ1) is 15.5. The summed E-state index contributed by atoms with van der Waals surface area (Å²) in [7, 11) is 1.57. The van der Waals surface area contributed by atoms with Crippen LogP contribution >= 0.6 is 0 Å². The SMILES string of the molecule is CCCn1cc(C(=O)N2C[C@H](N)C[C@H]2C(=O)NC)c(C)n1. The molecule has 0 spiro atoms. The molecule has 1 saturated heterocycles. The molecule has 0 bridgehead atoms. The molecule has 116 valence electrons. The zero-order valence-electron chi connectivity index (χ0n) is 12.8. The number of aryl methyl sites for hydroxylation is 2. The quantitative estimate of drug-likeness (QED) is 0.810. The highest BCUT2D eigenvalue weighted by Crippen LogP contribution is 2.21. The minimum Gasteiger partial charge on any atom is -0.357 e. The highest BCUT2D eigenvalue weighted by atomic mass is 16.2. The van der Waals surface area contributed by atoms with Crippen molar-refractivity contribution in [1.82, 2.24) is 20.0 Å². The van der Waals surface area contributed by atoms with E-state index in [9.17, 15) is 9.59 Å². The topological polar surface area (TPSA) is 93.3 Å². The van der Waals surface area contributed by atoms with E-state index in [-0.39, 0.29) is 17.9 Å². The Hall–Kier alpha value is -1.89. The average Bonchev–Trinajstić information content (AvgIpc) is 3.01. The third kappa shape index (κ3) is 3.07. The van der Waals surface area contributed by atoms with Gasteiger partial charge in [-0.15, -0.1) is 0 Å². The Morgan fingerprint density at radius 1 is 1.52 bits per heavy atom. The minimum absolute atomic E-state index is 0.165. The molecule has 7 heteroatoms. The summed E-state index contributed by atoms with van der Waals surface area (Å²) in [5.74, 6) is -0.341. The molecule has 2 heterocycles. The zero-order valence-corrected chi connectivity index (χ0v) is 12.8. The van der Waals surface area contributed by atoms with Gasteiger partial charge in [0.25, 0.3) is 5.91 Å². The van der Waals surface area contributed by atoms with Crippen LogP contribution < -0.4 is 11.1 Å². The van der Waals surface area contributed by atoms with Crippen LogP contribution in [0.5, 0.6) is 0 Å². The number of nitrogens with two attached hydrogens (primary N) is 1. The Bertz CT molecular complexity index is 539. The number of carbonyl (C=O) groups is 2. The number of rotatable bonds is 4. The predicted octanol–water partition coefficient (Wildman–Crippen LogP) is -0.111. The summed E-state index contributed by atoms with van der Waals surface area (Å²) in [4.78, 5) is 26.2. The molecule has 0 radical (unpaired) electrons. The van der Waals surface area contributed by atoms with Crippen molar-refractivity contribution < 1.29 is 9.59 Å². The van der Waals surface area contributed by atoms with E-state index in [1.807, 2.05) is 6.92 Å². The molecular formula is C14H23N5O2. The lowest BCUT2D eigenvalue weighted by atomic mass is 10.1. The first-order valence-corrected chi connectivity index (χ1v) is 7.30. The summed E-state index contributed by atoms with van der Waals surface area (Å²) in [6.45, 7) is 5.03. The number of carbonyl (C=O) groups excluding carboxylic acids is 2. The van der Waals surface area contributed by atoms with Crippen molar-refractivity contribution in [3.63, 3.8) is 0 Å². The summed E-state index contributed by atoms with van der Waals surface area (Å²) < 4.78 is 1.77. The smallest absolute Gasteiger partial charge is 0.258 e. The maximum Gasteiger partial charge on any atom is 0.258 e. The van der Waals surface area contributed by atoms with Crippen molar-refractivity contribution in [2.75, 3.05) is 13.6 Å². The molecule has 0 aliphatic carbocycles. The van der Waals surface area contributed by atoms with Crippen LogP contribution in [0, 0.1) is 6.92 Å². The van der Waals surface area contributed by atoms with Gasteiger partial charge in [0.05, 0.1) is 11.3 Å². The Morgan fingerprint density at radius 3 is 2.86 bits per heavy atom. The van der Waals surface area contributed by atoms with Gasteiger partial charge in [-0.1, -0.05) is 6.92 Å². The van der Waals surface area contributed by atoms with Crippen molar-refractivity contribution in [3.8, 4) is 0 Å². The Balaban J connectivity index is 2.23. The van der Waals surface area contributed by atoms with Gasteiger partial charge in [0, 0.05) is 32.4 Å². The van der Waals surface area contributed by atoms with E-state index < -0.39 is 6.04 Å². The summed E-state index contributed by atoms with van der Waals surface area (Å²) in [6, 6.07) is -0.659. The van der Waals surface area contributed by atoms with Crippen LogP contribution in [0.3, 0.4) is 0 Å². The third-order valence-electron chi connectivity index (χ3n) is 3.77. The Morgan fingerprint density at radius 2 is 2.24 bits per heavy atom. The molecule has 3 N–H and O–H groups in total. The summed E-state index contributed by atoms with van der Waals surface area (Å²) in [5, 5.41) is 6.93. The van der Waals surface area contributed by atoms with Crippen LogP contribution in [0.2, 0.25) is 0 Å². The largest absolute Gasteiger partial charge is 0.357 e. The van der Waals surface area contributed by atoms with Gasteiger partial charge in [0.1, 0.15) is 6.04 Å². The zero-order chi connectivity index (χ0) is 15.6. The van der Waals surface area contributed by atoms with E-state index in [4.69, 9.17) is 5.73 Å². The standard InChI is InChI=1S/C14H23N5O2/c1-4-5-18-8-11(9(2)17-18)14(21)19-7-10(15)6-12(19)13(20)16-3/h8,10,12H,4-7,15H2,1-3H3,(H,16,20)/t10-,12+/m1/s1. The van der Waals surface area contributed by atoms with Gasteiger partial charge in [0.15, 0.2) is 0 Å². The Labute approximate surface area is 124 Å². The van der Waals surface area contributed by atoms with E-state index in [0.717, 1.165) is 13.0 Å². The Kier molecular flexibility index (Phi) is 4.62. The van der Waals surface area contributed by atoms with Gasteiger partial charge >= 0.3 is 0 Å². The van der Waals surface area contributed by atoms with Crippen molar-refractivity contribution in [3.05, 3.63) is 17.5 Å². The molecule has 0 aromatic carbocycles. The average molecular weight is 293 g/mol. The second-order valence-corrected chi connectivity index (χ2v) is 5.47. The number of amides is 2. The first-order valence-electron chi connectivity index (χ1n) is 7.30. The van der Waals surface area contributed by atoms with Gasteiger partial charge in [-0.3, -0.25) is 14.3 Å². The van der Waals surface area contributed by atoms with Gasteiger partial charge in [-0.2, -0.15) is 5.10 Å². The molecule has 1 aromatic rings. The fourth-order valence-corrected chi connectivity index (χ4v) is 2.73. The molecule has 1 fully saturated rings. The lowest BCUT2D eigenvalue weighted by Crippen LogP contribution is -2.45. The number of likely N-dealkylation sites (N-methyl/N-ethyl adjacent to an activating group) is 1. The maximum absolute atomic E-state index is 12.7. The van der Waals surface area contributed by atoms with Crippen LogP contribution in [-0.4, -0.2) is 52.2 Å². The fourth-order valence-electron chi connectivity index (χ4n) is 2.73. The summed E-state index contributed by atoms with van der Waals surface area (Å²) in [5.41, 5.74) is 7.15.